The van der Waals surface area contributed by atoms with Gasteiger partial charge in [0.1, 0.15) is 17.9 Å². The van der Waals surface area contributed by atoms with E-state index in [9.17, 15) is 14.0 Å². The second-order valence-corrected chi connectivity index (χ2v) is 9.04. The number of rotatable bonds is 5. The van der Waals surface area contributed by atoms with Crippen molar-refractivity contribution in [2.45, 2.75) is 51.7 Å². The number of carbonyl (C=O) groups is 1. The van der Waals surface area contributed by atoms with Gasteiger partial charge in [-0.2, -0.15) is 5.10 Å². The number of fused-ring (bicyclic) bond motifs is 3. The Bertz CT molecular complexity index is 1370. The normalized spacial score (nSPS) is 18.6. The SMILES string of the molecule is C[C@@H]1CCCC[C@@H]1NC(=O)Cn1ncc2c3ccccc3n(Cc3ccc(F)cc3)c2c1=O. The maximum atomic E-state index is 13.5. The maximum absolute atomic E-state index is 13.5. The third-order valence-corrected chi connectivity index (χ3v) is 6.78. The van der Waals surface area contributed by atoms with Gasteiger partial charge < -0.3 is 9.88 Å². The van der Waals surface area contributed by atoms with E-state index in [0.717, 1.165) is 41.1 Å². The van der Waals surface area contributed by atoms with Crippen molar-refractivity contribution in [3.63, 3.8) is 0 Å². The van der Waals surface area contributed by atoms with Gasteiger partial charge in [0.05, 0.1) is 6.20 Å². The van der Waals surface area contributed by atoms with Gasteiger partial charge in [0.25, 0.3) is 5.56 Å². The van der Waals surface area contributed by atoms with E-state index >= 15 is 0 Å². The summed E-state index contributed by atoms with van der Waals surface area (Å²) in [5.41, 5.74) is 1.96. The lowest BCUT2D eigenvalue weighted by Crippen LogP contribution is -2.43. The topological polar surface area (TPSA) is 68.9 Å². The van der Waals surface area contributed by atoms with Gasteiger partial charge in [-0.15, -0.1) is 0 Å². The second-order valence-electron chi connectivity index (χ2n) is 9.04. The van der Waals surface area contributed by atoms with Crippen LogP contribution in [0.4, 0.5) is 4.39 Å². The van der Waals surface area contributed by atoms with E-state index in [1.54, 1.807) is 18.3 Å². The molecular weight excluding hydrogens is 419 g/mol. The van der Waals surface area contributed by atoms with Gasteiger partial charge in [-0.05, 0) is 42.5 Å². The number of hydrogen-bond acceptors (Lipinski definition) is 3. The summed E-state index contributed by atoms with van der Waals surface area (Å²) in [6.07, 6.45) is 6.06. The van der Waals surface area contributed by atoms with Crippen LogP contribution in [0.2, 0.25) is 0 Å². The fraction of sp³-hybridized carbons (Fsp3) is 0.346. The smallest absolute Gasteiger partial charge is 0.291 e. The van der Waals surface area contributed by atoms with Crippen LogP contribution in [0.3, 0.4) is 0 Å². The van der Waals surface area contributed by atoms with Crippen molar-refractivity contribution < 1.29 is 9.18 Å². The minimum Gasteiger partial charge on any atom is -0.351 e. The van der Waals surface area contributed by atoms with Crippen LogP contribution >= 0.6 is 0 Å². The van der Waals surface area contributed by atoms with Gasteiger partial charge in [0.2, 0.25) is 5.91 Å². The Balaban J connectivity index is 1.52. The predicted molar refractivity (Wildman–Crippen MR) is 127 cm³/mol. The molecule has 0 unspecified atom stereocenters. The zero-order valence-electron chi connectivity index (χ0n) is 18.6. The van der Waals surface area contributed by atoms with E-state index in [2.05, 4.69) is 17.3 Å². The van der Waals surface area contributed by atoms with Crippen molar-refractivity contribution in [1.82, 2.24) is 19.7 Å². The molecule has 0 spiro atoms. The fourth-order valence-corrected chi connectivity index (χ4v) is 4.96. The van der Waals surface area contributed by atoms with Crippen LogP contribution in [-0.2, 0) is 17.9 Å². The largest absolute Gasteiger partial charge is 0.351 e. The fourth-order valence-electron chi connectivity index (χ4n) is 4.96. The first kappa shape index (κ1) is 21.4. The number of amides is 1. The zero-order valence-corrected chi connectivity index (χ0v) is 18.6. The lowest BCUT2D eigenvalue weighted by Gasteiger charge is -2.29. The number of halogens is 1. The maximum Gasteiger partial charge on any atom is 0.291 e. The number of para-hydroxylation sites is 1. The molecule has 170 valence electrons. The van der Waals surface area contributed by atoms with E-state index in [1.165, 1.54) is 23.2 Å². The molecule has 7 heteroatoms. The molecule has 2 heterocycles. The lowest BCUT2D eigenvalue weighted by molar-refractivity contribution is -0.123. The van der Waals surface area contributed by atoms with E-state index in [4.69, 9.17) is 0 Å². The standard InChI is InChI=1S/C26H27FN4O2/c1-17-6-2-4-8-22(17)29-24(32)16-31-26(33)25-21(14-28-31)20-7-3-5-9-23(20)30(25)15-18-10-12-19(27)13-11-18/h3,5,7,9-14,17,22H,2,4,6,8,15-16H2,1H3,(H,29,32)/t17-,22+/m1/s1. The highest BCUT2D eigenvalue weighted by Gasteiger charge is 2.23. The third-order valence-electron chi connectivity index (χ3n) is 6.78. The lowest BCUT2D eigenvalue weighted by atomic mass is 9.86. The van der Waals surface area contributed by atoms with Gasteiger partial charge >= 0.3 is 0 Å². The average molecular weight is 447 g/mol. The minimum atomic E-state index is -0.308. The van der Waals surface area contributed by atoms with Crippen molar-refractivity contribution in [2.24, 2.45) is 5.92 Å². The Kier molecular flexibility index (Phi) is 5.70. The van der Waals surface area contributed by atoms with Gasteiger partial charge in [-0.25, -0.2) is 9.07 Å². The molecule has 33 heavy (non-hydrogen) atoms. The van der Waals surface area contributed by atoms with Crippen molar-refractivity contribution in [1.29, 1.82) is 0 Å². The van der Waals surface area contributed by atoms with Crippen LogP contribution in [0.1, 0.15) is 38.2 Å². The van der Waals surface area contributed by atoms with Gasteiger partial charge in [-0.1, -0.05) is 50.1 Å². The Morgan fingerprint density at radius 1 is 1.09 bits per heavy atom. The number of carbonyl (C=O) groups excluding carboxylic acids is 1. The van der Waals surface area contributed by atoms with Gasteiger partial charge in [-0.3, -0.25) is 9.59 Å². The molecule has 1 fully saturated rings. The molecule has 1 saturated carbocycles. The molecule has 1 amide bonds. The highest BCUT2D eigenvalue weighted by molar-refractivity contribution is 6.07. The molecule has 0 saturated heterocycles. The number of benzene rings is 2. The van der Waals surface area contributed by atoms with Gasteiger partial charge in [0, 0.05) is 28.9 Å². The molecular formula is C26H27FN4O2. The van der Waals surface area contributed by atoms with Crippen molar-refractivity contribution in [3.8, 4) is 0 Å². The highest BCUT2D eigenvalue weighted by Crippen LogP contribution is 2.27. The molecule has 0 bridgehead atoms. The van der Waals surface area contributed by atoms with Crippen LogP contribution < -0.4 is 10.9 Å². The summed E-state index contributed by atoms with van der Waals surface area (Å²) < 4.78 is 16.6. The summed E-state index contributed by atoms with van der Waals surface area (Å²) in [6, 6.07) is 14.2. The van der Waals surface area contributed by atoms with Crippen molar-refractivity contribution in [3.05, 3.63) is 76.5 Å². The molecule has 0 aliphatic heterocycles. The molecule has 1 aliphatic rings. The minimum absolute atomic E-state index is 0.115. The van der Waals surface area contributed by atoms with Crippen LogP contribution in [0.15, 0.2) is 59.5 Å². The molecule has 0 radical (unpaired) electrons. The molecule has 5 rings (SSSR count). The summed E-state index contributed by atoms with van der Waals surface area (Å²) in [6.45, 7) is 2.46. The van der Waals surface area contributed by atoms with Crippen molar-refractivity contribution >= 4 is 27.7 Å². The summed E-state index contributed by atoms with van der Waals surface area (Å²) in [4.78, 5) is 26.2. The first-order valence-corrected chi connectivity index (χ1v) is 11.5. The molecule has 2 atom stereocenters. The number of nitrogens with one attached hydrogen (secondary N) is 1. The molecule has 1 N–H and O–H groups in total. The van der Waals surface area contributed by atoms with Crippen LogP contribution in [0, 0.1) is 11.7 Å². The third kappa shape index (κ3) is 4.15. The summed E-state index contributed by atoms with van der Waals surface area (Å²) >= 11 is 0. The molecule has 1 aliphatic carbocycles. The number of nitrogens with zero attached hydrogens (tertiary/aromatic N) is 3. The van der Waals surface area contributed by atoms with Gasteiger partial charge in [0.15, 0.2) is 0 Å². The Labute approximate surface area is 191 Å². The van der Waals surface area contributed by atoms with E-state index in [0.29, 0.717) is 18.0 Å². The Morgan fingerprint density at radius 2 is 1.85 bits per heavy atom. The molecule has 2 aromatic heterocycles. The second kappa shape index (κ2) is 8.81. The summed E-state index contributed by atoms with van der Waals surface area (Å²) in [7, 11) is 0. The molecule has 2 aromatic carbocycles. The van der Waals surface area contributed by atoms with Crippen LogP contribution in [0.25, 0.3) is 21.8 Å². The van der Waals surface area contributed by atoms with Crippen molar-refractivity contribution in [2.75, 3.05) is 0 Å². The van der Waals surface area contributed by atoms with Crippen LogP contribution in [-0.4, -0.2) is 26.3 Å². The monoisotopic (exact) mass is 446 g/mol. The molecule has 6 nitrogen and oxygen atoms in total. The quantitative estimate of drug-likeness (QED) is 0.499. The van der Waals surface area contributed by atoms with E-state index < -0.39 is 0 Å². The highest BCUT2D eigenvalue weighted by atomic mass is 19.1. The first-order valence-electron chi connectivity index (χ1n) is 11.5. The average Bonchev–Trinajstić information content (AvgIpc) is 3.13. The Hall–Kier alpha value is -3.48. The van der Waals surface area contributed by atoms with Crippen LogP contribution in [0.5, 0.6) is 0 Å². The summed E-state index contributed by atoms with van der Waals surface area (Å²) in [5, 5.41) is 9.09. The Morgan fingerprint density at radius 3 is 2.64 bits per heavy atom. The predicted octanol–water partition coefficient (Wildman–Crippen LogP) is 4.23. The van der Waals surface area contributed by atoms with E-state index in [1.807, 2.05) is 28.8 Å². The van der Waals surface area contributed by atoms with E-state index in [-0.39, 0.29) is 29.9 Å². The number of hydrogen-bond donors (Lipinski definition) is 1. The first-order chi connectivity index (χ1) is 16.0. The zero-order chi connectivity index (χ0) is 22.9. The number of aromatic nitrogens is 3. The molecule has 4 aromatic rings. The summed E-state index contributed by atoms with van der Waals surface area (Å²) in [5.74, 6) is -0.0529.